The molecule has 67 heavy (non-hydrogen) atoms. The van der Waals surface area contributed by atoms with Crippen LogP contribution < -0.4 is 16.0 Å². The van der Waals surface area contributed by atoms with Crippen LogP contribution in [0, 0.1) is 74.4 Å². The number of nitriles is 3. The number of nitrogens with zero attached hydrogens (tertiary/aromatic N) is 6. The largest absolute Gasteiger partial charge is 0.477 e. The van der Waals surface area contributed by atoms with Crippen molar-refractivity contribution in [2.75, 3.05) is 19.6 Å². The fraction of sp³-hybridized carbons (Fsp3) is 0.125. The zero-order valence-electron chi connectivity index (χ0n) is 35.9. The molecule has 19 heteroatoms. The summed E-state index contributed by atoms with van der Waals surface area (Å²) >= 11 is 0. The SMILES string of the molecule is CCNC(=O)c1cc(-c2ccc(C#N)cc2)cc(C(=O)O)n1.CCNC(=O)c1cc(-c2ccc(C#N)cc2)cc(C(=O)O)n1.CCNC(=O)c1cc(-c2ccc(C#N)cc2)cc(C(=O)O)n1.[Sm]. The molecule has 336 valence electrons. The Labute approximate surface area is 416 Å². The molecule has 3 amide bonds. The van der Waals surface area contributed by atoms with Gasteiger partial charge in [-0.15, -0.1) is 0 Å². The van der Waals surface area contributed by atoms with Crippen LogP contribution in [0.5, 0.6) is 0 Å². The first-order chi connectivity index (χ1) is 31.6. The maximum atomic E-state index is 11.9. The van der Waals surface area contributed by atoms with Crippen LogP contribution >= 0.6 is 0 Å². The number of hydrogen-bond acceptors (Lipinski definition) is 12. The summed E-state index contributed by atoms with van der Waals surface area (Å²) in [5.74, 6) is -4.91. The second-order valence-corrected chi connectivity index (χ2v) is 13.4. The fourth-order valence-corrected chi connectivity index (χ4v) is 5.73. The summed E-state index contributed by atoms with van der Waals surface area (Å²) in [5.41, 5.74) is 4.78. The van der Waals surface area contributed by atoms with E-state index in [-0.39, 0.29) is 74.6 Å². The first-order valence-corrected chi connectivity index (χ1v) is 19.8. The molecule has 0 bridgehead atoms. The van der Waals surface area contributed by atoms with Crippen LogP contribution in [0.4, 0.5) is 0 Å². The van der Waals surface area contributed by atoms with Crippen LogP contribution in [-0.2, 0) is 0 Å². The molecule has 3 aromatic heterocycles. The van der Waals surface area contributed by atoms with Gasteiger partial charge in [0.05, 0.1) is 34.9 Å². The minimum atomic E-state index is -1.21. The Bertz CT molecular complexity index is 2610. The van der Waals surface area contributed by atoms with Gasteiger partial charge in [0.25, 0.3) is 17.7 Å². The number of carboxylic acid groups (broad SMARTS) is 3. The molecule has 6 aromatic rings. The summed E-state index contributed by atoms with van der Waals surface area (Å²) in [6.45, 7) is 6.56. The molecule has 3 aromatic carbocycles. The maximum Gasteiger partial charge on any atom is 0.354 e. The average molecular weight is 1040 g/mol. The first-order valence-electron chi connectivity index (χ1n) is 19.8. The second-order valence-electron chi connectivity index (χ2n) is 13.4. The van der Waals surface area contributed by atoms with E-state index in [1.807, 2.05) is 18.2 Å². The van der Waals surface area contributed by atoms with Crippen molar-refractivity contribution in [1.82, 2.24) is 30.9 Å². The van der Waals surface area contributed by atoms with Gasteiger partial charge in [0.15, 0.2) is 0 Å². The van der Waals surface area contributed by atoms with Gasteiger partial charge < -0.3 is 31.3 Å². The van der Waals surface area contributed by atoms with Crippen molar-refractivity contribution in [3.63, 3.8) is 0 Å². The van der Waals surface area contributed by atoms with Gasteiger partial charge in [0.2, 0.25) is 0 Å². The minimum absolute atomic E-state index is 0. The molecule has 6 N–H and O–H groups in total. The van der Waals surface area contributed by atoms with Crippen molar-refractivity contribution in [2.45, 2.75) is 20.8 Å². The van der Waals surface area contributed by atoms with Crippen molar-refractivity contribution in [1.29, 1.82) is 15.8 Å². The predicted molar refractivity (Wildman–Crippen MR) is 238 cm³/mol. The molecule has 3 heterocycles. The van der Waals surface area contributed by atoms with E-state index in [2.05, 4.69) is 30.9 Å². The van der Waals surface area contributed by atoms with E-state index in [1.165, 1.54) is 36.4 Å². The third-order valence-corrected chi connectivity index (χ3v) is 8.89. The Balaban J connectivity index is 0.000000264. The average Bonchev–Trinajstić information content (AvgIpc) is 3.34. The van der Waals surface area contributed by atoms with E-state index in [9.17, 15) is 28.8 Å². The second kappa shape index (κ2) is 25.9. The number of carbonyl (C=O) groups is 6. The summed E-state index contributed by atoms with van der Waals surface area (Å²) in [5, 5.41) is 61.6. The molecule has 0 saturated heterocycles. The van der Waals surface area contributed by atoms with Crippen LogP contribution in [0.15, 0.2) is 109 Å². The Kier molecular flexibility index (Phi) is 20.5. The normalized spacial score (nSPS) is 9.67. The van der Waals surface area contributed by atoms with Gasteiger partial charge in [-0.05, 0) is 127 Å². The number of rotatable bonds is 12. The van der Waals surface area contributed by atoms with Gasteiger partial charge in [0.1, 0.15) is 34.2 Å². The van der Waals surface area contributed by atoms with Crippen molar-refractivity contribution < 1.29 is 84.5 Å². The Morgan fingerprint density at radius 2 is 0.612 bits per heavy atom. The topological polar surface area (TPSA) is 309 Å². The molecule has 0 atom stereocenters. The van der Waals surface area contributed by atoms with E-state index >= 15 is 0 Å². The molecule has 0 aliphatic heterocycles. The summed E-state index contributed by atoms with van der Waals surface area (Å²) in [4.78, 5) is 80.8. The van der Waals surface area contributed by atoms with Crippen molar-refractivity contribution in [2.24, 2.45) is 0 Å². The number of hydrogen-bond donors (Lipinski definition) is 6. The van der Waals surface area contributed by atoms with E-state index in [0.717, 1.165) is 0 Å². The molecule has 0 radical (unpaired) electrons. The molecule has 6 rings (SSSR count). The molecule has 0 saturated carbocycles. The standard InChI is InChI=1S/3C16H13N3O3.Sm/c3*1-2-18-15(20)13-7-12(8-14(19-13)16(21)22)11-5-3-10(9-17)4-6-11;/h3*3-8H,2H2,1H3,(H,18,20)(H,21,22);. The first kappa shape index (κ1) is 53.1. The smallest absolute Gasteiger partial charge is 0.354 e. The maximum absolute atomic E-state index is 11.9. The number of pyridine rings is 3. The molecule has 0 aliphatic rings. The van der Waals surface area contributed by atoms with Gasteiger partial charge >= 0.3 is 17.9 Å². The Hall–Kier alpha value is -8.26. The summed E-state index contributed by atoms with van der Waals surface area (Å²) < 4.78 is 0. The van der Waals surface area contributed by atoms with Crippen LogP contribution in [0.25, 0.3) is 33.4 Å². The van der Waals surface area contributed by atoms with Gasteiger partial charge in [0, 0.05) is 60.0 Å². The van der Waals surface area contributed by atoms with Gasteiger partial charge in [-0.1, -0.05) is 36.4 Å². The van der Waals surface area contributed by atoms with Crippen LogP contribution in [0.1, 0.15) is 100 Å². The van der Waals surface area contributed by atoms with Gasteiger partial charge in [-0.25, -0.2) is 29.3 Å². The Morgan fingerprint density at radius 1 is 0.403 bits per heavy atom. The van der Waals surface area contributed by atoms with E-state index in [0.29, 0.717) is 69.7 Å². The number of aromatic carboxylic acids is 3. The summed E-state index contributed by atoms with van der Waals surface area (Å²) in [7, 11) is 0. The number of amides is 3. The zero-order chi connectivity index (χ0) is 48.3. The fourth-order valence-electron chi connectivity index (χ4n) is 5.73. The van der Waals surface area contributed by atoms with Crippen LogP contribution in [0.3, 0.4) is 0 Å². The minimum Gasteiger partial charge on any atom is -0.477 e. The molecular weight excluding hydrogens is 997 g/mol. The van der Waals surface area contributed by atoms with E-state index in [4.69, 9.17) is 31.1 Å². The summed E-state index contributed by atoms with van der Waals surface area (Å²) in [6, 6.07) is 34.7. The van der Waals surface area contributed by atoms with Crippen molar-refractivity contribution in [3.05, 3.63) is 160 Å². The molecule has 0 fully saturated rings. The molecule has 0 spiro atoms. The predicted octanol–water partition coefficient (Wildman–Crippen LogP) is 6.20. The Morgan fingerprint density at radius 3 is 0.791 bits per heavy atom. The van der Waals surface area contributed by atoms with Crippen molar-refractivity contribution >= 4 is 35.6 Å². The third kappa shape index (κ3) is 15.2. The number of aromatic nitrogens is 3. The van der Waals surface area contributed by atoms with E-state index in [1.54, 1.807) is 93.6 Å². The van der Waals surface area contributed by atoms with Gasteiger partial charge in [-0.2, -0.15) is 15.8 Å². The quantitative estimate of drug-likeness (QED) is 0.0794. The number of carboxylic acids is 3. The van der Waals surface area contributed by atoms with Gasteiger partial charge in [-0.3, -0.25) is 14.4 Å². The number of nitrogens with one attached hydrogen (secondary N) is 3. The van der Waals surface area contributed by atoms with Crippen LogP contribution in [-0.4, -0.2) is 85.5 Å². The molecule has 0 unspecified atom stereocenters. The molecular formula is C48H39N9O9Sm. The molecule has 0 aliphatic carbocycles. The van der Waals surface area contributed by atoms with Crippen molar-refractivity contribution in [3.8, 4) is 51.6 Å². The summed E-state index contributed by atoms with van der Waals surface area (Å²) in [6.07, 6.45) is 0. The molecule has 18 nitrogen and oxygen atoms in total. The number of carbonyl (C=O) groups excluding carboxylic acids is 3. The van der Waals surface area contributed by atoms with Crippen LogP contribution in [0.2, 0.25) is 0 Å². The number of benzene rings is 3. The van der Waals surface area contributed by atoms with E-state index < -0.39 is 35.6 Å². The zero-order valence-corrected chi connectivity index (χ0v) is 38.5. The third-order valence-electron chi connectivity index (χ3n) is 8.89. The monoisotopic (exact) mass is 1040 g/mol.